The van der Waals surface area contributed by atoms with Gasteiger partial charge in [-0.15, -0.1) is 0 Å². The maximum absolute atomic E-state index is 12.1. The molecule has 25 heavy (non-hydrogen) atoms. The number of hydrogen-bond acceptors (Lipinski definition) is 5. The van der Waals surface area contributed by atoms with Crippen molar-refractivity contribution in [3.8, 4) is 5.88 Å². The number of carbonyl (C=O) groups is 2. The van der Waals surface area contributed by atoms with Crippen LogP contribution in [0.15, 0.2) is 12.3 Å². The average Bonchev–Trinajstić information content (AvgIpc) is 2.53. The fourth-order valence-corrected chi connectivity index (χ4v) is 3.03. The summed E-state index contributed by atoms with van der Waals surface area (Å²) in [6.07, 6.45) is 3.76. The molecule has 1 aliphatic rings. The Morgan fingerprint density at radius 1 is 1.32 bits per heavy atom. The van der Waals surface area contributed by atoms with Crippen LogP contribution in [0, 0.1) is 5.92 Å². The van der Waals surface area contributed by atoms with Gasteiger partial charge in [0.1, 0.15) is 11.2 Å². The Hall–Kier alpha value is -2.31. The van der Waals surface area contributed by atoms with Crippen LogP contribution >= 0.6 is 0 Å². The van der Waals surface area contributed by atoms with E-state index >= 15 is 0 Å². The summed E-state index contributed by atoms with van der Waals surface area (Å²) < 4.78 is 10.6. The van der Waals surface area contributed by atoms with Gasteiger partial charge in [0, 0.05) is 19.3 Å². The van der Waals surface area contributed by atoms with Crippen LogP contribution in [0.3, 0.4) is 0 Å². The van der Waals surface area contributed by atoms with E-state index in [0.717, 1.165) is 18.4 Å². The lowest BCUT2D eigenvalue weighted by Crippen LogP contribution is -2.42. The number of methoxy groups -OCH3 is 1. The first-order valence-corrected chi connectivity index (χ1v) is 8.51. The fourth-order valence-electron chi connectivity index (χ4n) is 3.03. The third kappa shape index (κ3) is 5.08. The Morgan fingerprint density at radius 3 is 2.48 bits per heavy atom. The Balaban J connectivity index is 1.99. The highest BCUT2D eigenvalue weighted by Crippen LogP contribution is 2.27. The van der Waals surface area contributed by atoms with Crippen LogP contribution in [-0.2, 0) is 11.2 Å². The van der Waals surface area contributed by atoms with Gasteiger partial charge in [-0.2, -0.15) is 0 Å². The average molecular weight is 349 g/mol. The first kappa shape index (κ1) is 19.0. The molecule has 0 unspecified atom stereocenters. The Morgan fingerprint density at radius 2 is 1.96 bits per heavy atom. The predicted molar refractivity (Wildman–Crippen MR) is 93.5 cm³/mol. The zero-order chi connectivity index (χ0) is 18.6. The summed E-state index contributed by atoms with van der Waals surface area (Å²) >= 11 is 0. The molecule has 0 saturated carbocycles. The second-order valence-corrected chi connectivity index (χ2v) is 7.33. The largest absolute Gasteiger partial charge is 0.480 e. The minimum atomic E-state index is -0.536. The molecule has 1 saturated heterocycles. The van der Waals surface area contributed by atoms with E-state index < -0.39 is 11.5 Å². The normalized spacial score (nSPS) is 15.8. The van der Waals surface area contributed by atoms with Crippen molar-refractivity contribution in [1.82, 2.24) is 9.88 Å². The Bertz CT molecular complexity index is 632. The van der Waals surface area contributed by atoms with Gasteiger partial charge in [0.2, 0.25) is 5.88 Å². The van der Waals surface area contributed by atoms with Crippen LogP contribution < -0.4 is 10.5 Å². The predicted octanol–water partition coefficient (Wildman–Crippen LogP) is 2.38. The number of primary amides is 1. The molecule has 7 heteroatoms. The minimum absolute atomic E-state index is 0.260. The second kappa shape index (κ2) is 7.72. The maximum atomic E-state index is 12.1. The second-order valence-electron chi connectivity index (χ2n) is 7.33. The highest BCUT2D eigenvalue weighted by Gasteiger charge is 2.28. The molecule has 0 aromatic carbocycles. The van der Waals surface area contributed by atoms with Crippen LogP contribution in [0.5, 0.6) is 5.88 Å². The first-order chi connectivity index (χ1) is 11.7. The van der Waals surface area contributed by atoms with Crippen LogP contribution in [0.2, 0.25) is 0 Å². The number of aromatic nitrogens is 1. The zero-order valence-electron chi connectivity index (χ0n) is 15.4. The van der Waals surface area contributed by atoms with Crippen LogP contribution in [0.4, 0.5) is 4.79 Å². The van der Waals surface area contributed by atoms with Gasteiger partial charge in [0.05, 0.1) is 7.11 Å². The van der Waals surface area contributed by atoms with Gasteiger partial charge in [-0.3, -0.25) is 4.79 Å². The van der Waals surface area contributed by atoms with E-state index in [4.69, 9.17) is 15.2 Å². The Kier molecular flexibility index (Phi) is 5.87. The van der Waals surface area contributed by atoms with Gasteiger partial charge in [0.25, 0.3) is 5.91 Å². The van der Waals surface area contributed by atoms with Crippen LogP contribution in [0.1, 0.15) is 49.5 Å². The molecule has 1 aliphatic heterocycles. The number of hydrogen-bond donors (Lipinski definition) is 1. The van der Waals surface area contributed by atoms with E-state index in [-0.39, 0.29) is 12.0 Å². The van der Waals surface area contributed by atoms with E-state index in [9.17, 15) is 9.59 Å². The highest BCUT2D eigenvalue weighted by atomic mass is 16.6. The SMILES string of the molecule is COc1nccc(CC2CCN(C(=O)OC(C)(C)C)CC2)c1C(N)=O. The number of nitrogens with zero attached hydrogens (tertiary/aromatic N) is 2. The van der Waals surface area contributed by atoms with Crippen molar-refractivity contribution in [2.75, 3.05) is 20.2 Å². The van der Waals surface area contributed by atoms with Crippen molar-refractivity contribution in [1.29, 1.82) is 0 Å². The Labute approximate surface area is 148 Å². The molecule has 1 fully saturated rings. The van der Waals surface area contributed by atoms with Crippen molar-refractivity contribution < 1.29 is 19.1 Å². The number of amides is 2. The van der Waals surface area contributed by atoms with E-state index in [1.807, 2.05) is 26.8 Å². The summed E-state index contributed by atoms with van der Waals surface area (Å²) in [6.45, 7) is 6.88. The first-order valence-electron chi connectivity index (χ1n) is 8.51. The van der Waals surface area contributed by atoms with Gasteiger partial charge < -0.3 is 20.1 Å². The number of rotatable bonds is 4. The third-order valence-electron chi connectivity index (χ3n) is 4.22. The number of likely N-dealkylation sites (tertiary alicyclic amines) is 1. The minimum Gasteiger partial charge on any atom is -0.480 e. The zero-order valence-corrected chi connectivity index (χ0v) is 15.4. The van der Waals surface area contributed by atoms with Crippen molar-refractivity contribution in [2.45, 2.75) is 45.6 Å². The maximum Gasteiger partial charge on any atom is 0.410 e. The molecule has 2 amide bonds. The number of carbonyl (C=O) groups excluding carboxylic acids is 2. The molecule has 2 heterocycles. The molecule has 0 atom stereocenters. The highest BCUT2D eigenvalue weighted by molar-refractivity contribution is 5.96. The van der Waals surface area contributed by atoms with Gasteiger partial charge >= 0.3 is 6.09 Å². The summed E-state index contributed by atoms with van der Waals surface area (Å²) in [6, 6.07) is 1.81. The molecule has 0 spiro atoms. The van der Waals surface area contributed by atoms with Crippen molar-refractivity contribution in [3.63, 3.8) is 0 Å². The molecule has 1 aromatic heterocycles. The van der Waals surface area contributed by atoms with Crippen molar-refractivity contribution in [3.05, 3.63) is 23.4 Å². The van der Waals surface area contributed by atoms with E-state index in [0.29, 0.717) is 31.0 Å². The summed E-state index contributed by atoms with van der Waals surface area (Å²) in [5.41, 5.74) is 6.19. The van der Waals surface area contributed by atoms with E-state index in [1.54, 1.807) is 11.1 Å². The third-order valence-corrected chi connectivity index (χ3v) is 4.22. The topological polar surface area (TPSA) is 94.8 Å². The van der Waals surface area contributed by atoms with Crippen LogP contribution in [-0.4, -0.2) is 47.7 Å². The molecule has 0 radical (unpaired) electrons. The summed E-state index contributed by atoms with van der Waals surface area (Å²) in [5.74, 6) is 0.0891. The lowest BCUT2D eigenvalue weighted by molar-refractivity contribution is 0.0184. The van der Waals surface area contributed by atoms with Crippen molar-refractivity contribution >= 4 is 12.0 Å². The van der Waals surface area contributed by atoms with Crippen molar-refractivity contribution in [2.24, 2.45) is 11.7 Å². The molecular formula is C18H27N3O4. The quantitative estimate of drug-likeness (QED) is 0.900. The van der Waals surface area contributed by atoms with Gasteiger partial charge in [-0.25, -0.2) is 9.78 Å². The molecule has 2 N–H and O–H groups in total. The van der Waals surface area contributed by atoms with Crippen LogP contribution in [0.25, 0.3) is 0 Å². The standard InChI is InChI=1S/C18H27N3O4/c1-18(2,3)25-17(23)21-9-6-12(7-10-21)11-13-5-8-20-16(24-4)14(13)15(19)22/h5,8,12H,6-7,9-11H2,1-4H3,(H2,19,22). The van der Waals surface area contributed by atoms with Gasteiger partial charge in [-0.05, 0) is 57.6 Å². The van der Waals surface area contributed by atoms with Gasteiger partial charge in [-0.1, -0.05) is 0 Å². The van der Waals surface area contributed by atoms with E-state index in [1.165, 1.54) is 7.11 Å². The molecule has 2 rings (SSSR count). The number of pyridine rings is 1. The molecule has 0 bridgehead atoms. The van der Waals surface area contributed by atoms with Gasteiger partial charge in [0.15, 0.2) is 0 Å². The molecule has 0 aliphatic carbocycles. The monoisotopic (exact) mass is 349 g/mol. The lowest BCUT2D eigenvalue weighted by Gasteiger charge is -2.33. The molecule has 7 nitrogen and oxygen atoms in total. The molecular weight excluding hydrogens is 322 g/mol. The molecule has 1 aromatic rings. The number of piperidine rings is 1. The number of nitrogens with two attached hydrogens (primary N) is 1. The summed E-state index contributed by atoms with van der Waals surface area (Å²) in [7, 11) is 1.47. The number of ether oxygens (including phenoxy) is 2. The fraction of sp³-hybridized carbons (Fsp3) is 0.611. The lowest BCUT2D eigenvalue weighted by atomic mass is 9.89. The smallest absolute Gasteiger partial charge is 0.410 e. The summed E-state index contributed by atoms with van der Waals surface area (Å²) in [4.78, 5) is 29.7. The summed E-state index contributed by atoms with van der Waals surface area (Å²) in [5, 5.41) is 0. The molecule has 138 valence electrons. The van der Waals surface area contributed by atoms with E-state index in [2.05, 4.69) is 4.98 Å².